The Hall–Kier alpha value is -0.490. The molecule has 1 heterocycles. The van der Waals surface area contributed by atoms with Crippen LogP contribution in [0, 0.1) is 13.8 Å². The van der Waals surface area contributed by atoms with Gasteiger partial charge in [0.05, 0.1) is 16.3 Å². The number of ether oxygens (including phenoxy) is 2. The van der Waals surface area contributed by atoms with Crippen molar-refractivity contribution < 1.29 is 14.6 Å². The van der Waals surface area contributed by atoms with Gasteiger partial charge in [0, 0.05) is 31.9 Å². The van der Waals surface area contributed by atoms with Crippen LogP contribution in [0.15, 0.2) is 0 Å². The second-order valence-corrected chi connectivity index (χ2v) is 5.82. The highest BCUT2D eigenvalue weighted by molar-refractivity contribution is 7.11. The van der Waals surface area contributed by atoms with Gasteiger partial charge in [-0.2, -0.15) is 0 Å². The number of thiazole rings is 1. The van der Waals surface area contributed by atoms with Crippen molar-refractivity contribution in [2.75, 3.05) is 14.2 Å². The molecule has 0 spiro atoms. The normalized spacial score (nSPS) is 15.2. The largest absolute Gasteiger partial charge is 0.390 e. The van der Waals surface area contributed by atoms with Crippen molar-refractivity contribution in [3.05, 3.63) is 15.6 Å². The standard InChI is InChI=1S/C12H21NO3S/c1-8-9(2)17-10(13-8)6-12(3,14)7-11(15-4)16-5/h11,14H,6-7H2,1-5H3. The molecule has 1 aromatic rings. The van der Waals surface area contributed by atoms with Crippen molar-refractivity contribution in [1.82, 2.24) is 4.98 Å². The van der Waals surface area contributed by atoms with E-state index >= 15 is 0 Å². The lowest BCUT2D eigenvalue weighted by Crippen LogP contribution is -2.34. The number of hydrogen-bond acceptors (Lipinski definition) is 5. The van der Waals surface area contributed by atoms with Crippen molar-refractivity contribution in [3.8, 4) is 0 Å². The minimum atomic E-state index is -0.868. The van der Waals surface area contributed by atoms with Crippen LogP contribution in [0.3, 0.4) is 0 Å². The van der Waals surface area contributed by atoms with Gasteiger partial charge in [-0.3, -0.25) is 0 Å². The van der Waals surface area contributed by atoms with Crippen LogP contribution in [0.1, 0.15) is 28.9 Å². The van der Waals surface area contributed by atoms with E-state index < -0.39 is 5.60 Å². The molecule has 0 saturated heterocycles. The van der Waals surface area contributed by atoms with Crippen LogP contribution in [0.4, 0.5) is 0 Å². The number of aliphatic hydroxyl groups is 1. The molecule has 98 valence electrons. The predicted molar refractivity (Wildman–Crippen MR) is 68.3 cm³/mol. The topological polar surface area (TPSA) is 51.6 Å². The molecule has 5 heteroatoms. The van der Waals surface area contributed by atoms with E-state index in [0.29, 0.717) is 12.8 Å². The molecular formula is C12H21NO3S. The molecule has 1 rings (SSSR count). The number of methoxy groups -OCH3 is 2. The summed E-state index contributed by atoms with van der Waals surface area (Å²) in [4.78, 5) is 5.63. The molecule has 1 atom stereocenters. The van der Waals surface area contributed by atoms with Gasteiger partial charge in [-0.05, 0) is 20.8 Å². The van der Waals surface area contributed by atoms with E-state index in [2.05, 4.69) is 4.98 Å². The zero-order valence-electron chi connectivity index (χ0n) is 11.1. The predicted octanol–water partition coefficient (Wildman–Crippen LogP) is 2.06. The summed E-state index contributed by atoms with van der Waals surface area (Å²) in [6, 6.07) is 0. The van der Waals surface area contributed by atoms with Crippen LogP contribution >= 0.6 is 11.3 Å². The van der Waals surface area contributed by atoms with Gasteiger partial charge >= 0.3 is 0 Å². The Bertz CT molecular complexity index is 339. The van der Waals surface area contributed by atoms with E-state index in [0.717, 1.165) is 10.7 Å². The molecule has 0 saturated carbocycles. The van der Waals surface area contributed by atoms with Gasteiger partial charge in [0.2, 0.25) is 0 Å². The third-order valence-corrected chi connectivity index (χ3v) is 3.81. The zero-order valence-corrected chi connectivity index (χ0v) is 11.9. The first-order chi connectivity index (χ1) is 7.88. The Balaban J connectivity index is 2.65. The summed E-state index contributed by atoms with van der Waals surface area (Å²) in [7, 11) is 3.14. The lowest BCUT2D eigenvalue weighted by Gasteiger charge is -2.26. The van der Waals surface area contributed by atoms with Gasteiger partial charge in [0.1, 0.15) is 0 Å². The molecule has 0 radical (unpaired) electrons. The summed E-state index contributed by atoms with van der Waals surface area (Å²) in [5.41, 5.74) is 0.170. The summed E-state index contributed by atoms with van der Waals surface area (Å²) in [6.45, 7) is 5.81. The van der Waals surface area contributed by atoms with Crippen LogP contribution in [0.2, 0.25) is 0 Å². The third kappa shape index (κ3) is 4.35. The number of aryl methyl sites for hydroxylation is 2. The first kappa shape index (κ1) is 14.6. The van der Waals surface area contributed by atoms with E-state index in [-0.39, 0.29) is 6.29 Å². The molecule has 17 heavy (non-hydrogen) atoms. The number of hydrogen-bond donors (Lipinski definition) is 1. The first-order valence-corrected chi connectivity index (χ1v) is 6.40. The summed E-state index contributed by atoms with van der Waals surface area (Å²) >= 11 is 1.63. The van der Waals surface area contributed by atoms with Crippen molar-refractivity contribution in [1.29, 1.82) is 0 Å². The van der Waals surface area contributed by atoms with Gasteiger partial charge in [-0.25, -0.2) is 4.98 Å². The highest BCUT2D eigenvalue weighted by Gasteiger charge is 2.27. The van der Waals surface area contributed by atoms with E-state index in [1.807, 2.05) is 13.8 Å². The van der Waals surface area contributed by atoms with Gasteiger partial charge in [0.15, 0.2) is 6.29 Å². The maximum Gasteiger partial charge on any atom is 0.159 e. The summed E-state index contributed by atoms with van der Waals surface area (Å²) in [6.07, 6.45) is 0.569. The molecule has 4 nitrogen and oxygen atoms in total. The Labute approximate surface area is 107 Å². The van der Waals surface area contributed by atoms with E-state index in [9.17, 15) is 5.11 Å². The summed E-state index contributed by atoms with van der Waals surface area (Å²) < 4.78 is 10.2. The minimum Gasteiger partial charge on any atom is -0.390 e. The van der Waals surface area contributed by atoms with E-state index in [1.165, 1.54) is 4.88 Å². The van der Waals surface area contributed by atoms with Crippen LogP contribution in [-0.4, -0.2) is 36.2 Å². The molecule has 0 aliphatic carbocycles. The molecule has 0 amide bonds. The Morgan fingerprint density at radius 2 is 1.94 bits per heavy atom. The molecule has 0 fully saturated rings. The second-order valence-electron chi connectivity index (χ2n) is 4.53. The first-order valence-electron chi connectivity index (χ1n) is 5.59. The van der Waals surface area contributed by atoms with Crippen molar-refractivity contribution in [2.45, 2.75) is 45.5 Å². The Morgan fingerprint density at radius 3 is 2.35 bits per heavy atom. The molecule has 1 aromatic heterocycles. The average molecular weight is 259 g/mol. The highest BCUT2D eigenvalue weighted by Crippen LogP contribution is 2.24. The molecular weight excluding hydrogens is 238 g/mol. The van der Waals surface area contributed by atoms with Crippen LogP contribution in [0.25, 0.3) is 0 Å². The highest BCUT2D eigenvalue weighted by atomic mass is 32.1. The van der Waals surface area contributed by atoms with Gasteiger partial charge in [-0.1, -0.05) is 0 Å². The molecule has 0 aromatic carbocycles. The van der Waals surface area contributed by atoms with Gasteiger partial charge in [-0.15, -0.1) is 11.3 Å². The van der Waals surface area contributed by atoms with Crippen molar-refractivity contribution in [2.24, 2.45) is 0 Å². The fraction of sp³-hybridized carbons (Fsp3) is 0.750. The zero-order chi connectivity index (χ0) is 13.1. The summed E-state index contributed by atoms with van der Waals surface area (Å²) in [5, 5.41) is 11.3. The Morgan fingerprint density at radius 1 is 1.35 bits per heavy atom. The SMILES string of the molecule is COC(CC(C)(O)Cc1nc(C)c(C)s1)OC. The molecule has 1 N–H and O–H groups in total. The lowest BCUT2D eigenvalue weighted by molar-refractivity contribution is -0.139. The smallest absolute Gasteiger partial charge is 0.159 e. The summed E-state index contributed by atoms with van der Waals surface area (Å²) in [5.74, 6) is 0. The third-order valence-electron chi connectivity index (χ3n) is 2.74. The van der Waals surface area contributed by atoms with E-state index in [1.54, 1.807) is 32.5 Å². The monoisotopic (exact) mass is 259 g/mol. The fourth-order valence-corrected chi connectivity index (χ4v) is 2.75. The average Bonchev–Trinajstić information content (AvgIpc) is 2.53. The van der Waals surface area contributed by atoms with E-state index in [4.69, 9.17) is 9.47 Å². The van der Waals surface area contributed by atoms with Crippen LogP contribution in [0.5, 0.6) is 0 Å². The second kappa shape index (κ2) is 5.91. The Kier molecular flexibility index (Phi) is 5.06. The minimum absolute atomic E-state index is 0.382. The number of aromatic nitrogens is 1. The van der Waals surface area contributed by atoms with Crippen LogP contribution in [-0.2, 0) is 15.9 Å². The van der Waals surface area contributed by atoms with Crippen molar-refractivity contribution >= 4 is 11.3 Å². The maximum atomic E-state index is 10.3. The lowest BCUT2D eigenvalue weighted by atomic mass is 9.98. The van der Waals surface area contributed by atoms with Crippen LogP contribution < -0.4 is 0 Å². The maximum absolute atomic E-state index is 10.3. The molecule has 1 unspecified atom stereocenters. The molecule has 0 bridgehead atoms. The van der Waals surface area contributed by atoms with Crippen molar-refractivity contribution in [3.63, 3.8) is 0 Å². The molecule has 0 aliphatic rings. The quantitative estimate of drug-likeness (QED) is 0.795. The fourth-order valence-electron chi connectivity index (χ4n) is 1.63. The van der Waals surface area contributed by atoms with Gasteiger partial charge < -0.3 is 14.6 Å². The molecule has 0 aliphatic heterocycles. The van der Waals surface area contributed by atoms with Gasteiger partial charge in [0.25, 0.3) is 0 Å². The number of nitrogens with zero attached hydrogens (tertiary/aromatic N) is 1. The number of rotatable bonds is 6.